The Hall–Kier alpha value is -2.09. The van der Waals surface area contributed by atoms with Crippen LogP contribution >= 0.6 is 0 Å². The standard InChI is InChI=1S/C18H18O2/c1-2-12-20-14-8-6-13(7-9-14)15-4-3-5-17-16(15)10-11-18(17)19/h3-9H,2,10-12H2,1H3. The lowest BCUT2D eigenvalue weighted by Gasteiger charge is -2.09. The monoisotopic (exact) mass is 266 g/mol. The average molecular weight is 266 g/mol. The van der Waals surface area contributed by atoms with Gasteiger partial charge < -0.3 is 4.74 Å². The van der Waals surface area contributed by atoms with Crippen LogP contribution in [0.15, 0.2) is 42.5 Å². The first-order valence-corrected chi connectivity index (χ1v) is 7.18. The van der Waals surface area contributed by atoms with Crippen molar-refractivity contribution in [3.05, 3.63) is 53.6 Å². The van der Waals surface area contributed by atoms with E-state index in [-0.39, 0.29) is 5.78 Å². The molecule has 0 radical (unpaired) electrons. The molecule has 2 nitrogen and oxygen atoms in total. The van der Waals surface area contributed by atoms with Gasteiger partial charge in [-0.15, -0.1) is 0 Å². The van der Waals surface area contributed by atoms with Crippen molar-refractivity contribution < 1.29 is 9.53 Å². The Morgan fingerprint density at radius 3 is 2.50 bits per heavy atom. The van der Waals surface area contributed by atoms with Gasteiger partial charge in [0.25, 0.3) is 0 Å². The number of Topliss-reactive ketones (excluding diaryl/α,β-unsaturated/α-hetero) is 1. The Bertz CT molecular complexity index is 626. The highest BCUT2D eigenvalue weighted by atomic mass is 16.5. The van der Waals surface area contributed by atoms with Crippen molar-refractivity contribution in [2.24, 2.45) is 0 Å². The lowest BCUT2D eigenvalue weighted by Crippen LogP contribution is -1.95. The zero-order valence-corrected chi connectivity index (χ0v) is 11.7. The second-order valence-electron chi connectivity index (χ2n) is 5.13. The van der Waals surface area contributed by atoms with Crippen molar-refractivity contribution in [1.82, 2.24) is 0 Å². The molecular weight excluding hydrogens is 248 g/mol. The van der Waals surface area contributed by atoms with Crippen LogP contribution in [0.25, 0.3) is 11.1 Å². The number of hydrogen-bond acceptors (Lipinski definition) is 2. The fourth-order valence-electron chi connectivity index (χ4n) is 2.71. The van der Waals surface area contributed by atoms with Crippen LogP contribution in [0.2, 0.25) is 0 Å². The molecular formula is C18H18O2. The van der Waals surface area contributed by atoms with Gasteiger partial charge in [-0.1, -0.05) is 37.3 Å². The SMILES string of the molecule is CCCOc1ccc(-c2cccc3c2CCC3=O)cc1. The molecule has 0 aromatic heterocycles. The van der Waals surface area contributed by atoms with E-state index in [4.69, 9.17) is 4.74 Å². The Kier molecular flexibility index (Phi) is 3.55. The second kappa shape index (κ2) is 5.49. The highest BCUT2D eigenvalue weighted by Crippen LogP contribution is 2.33. The molecule has 0 amide bonds. The predicted molar refractivity (Wildman–Crippen MR) is 80.3 cm³/mol. The first-order valence-electron chi connectivity index (χ1n) is 7.18. The summed E-state index contributed by atoms with van der Waals surface area (Å²) in [5, 5.41) is 0. The molecule has 0 saturated heterocycles. The molecule has 2 aromatic carbocycles. The molecule has 2 heteroatoms. The van der Waals surface area contributed by atoms with Crippen molar-refractivity contribution in [3.8, 4) is 16.9 Å². The third kappa shape index (κ3) is 2.34. The molecule has 0 heterocycles. The van der Waals surface area contributed by atoms with Crippen LogP contribution in [0.5, 0.6) is 5.75 Å². The fourth-order valence-corrected chi connectivity index (χ4v) is 2.71. The minimum Gasteiger partial charge on any atom is -0.494 e. The van der Waals surface area contributed by atoms with E-state index in [1.165, 1.54) is 11.1 Å². The first-order chi connectivity index (χ1) is 9.79. The summed E-state index contributed by atoms with van der Waals surface area (Å²) in [7, 11) is 0. The van der Waals surface area contributed by atoms with Gasteiger partial charge in [-0.05, 0) is 41.7 Å². The Morgan fingerprint density at radius 1 is 1.00 bits per heavy atom. The molecule has 2 aromatic rings. The largest absolute Gasteiger partial charge is 0.494 e. The number of ketones is 1. The van der Waals surface area contributed by atoms with Crippen LogP contribution in [0.1, 0.15) is 35.7 Å². The second-order valence-corrected chi connectivity index (χ2v) is 5.13. The van der Waals surface area contributed by atoms with Gasteiger partial charge in [-0.3, -0.25) is 4.79 Å². The van der Waals surface area contributed by atoms with Crippen molar-refractivity contribution in [1.29, 1.82) is 0 Å². The van der Waals surface area contributed by atoms with Crippen LogP contribution < -0.4 is 4.74 Å². The molecule has 102 valence electrons. The van der Waals surface area contributed by atoms with Crippen LogP contribution in [-0.4, -0.2) is 12.4 Å². The number of carbonyl (C=O) groups excluding carboxylic acids is 1. The van der Waals surface area contributed by atoms with Crippen LogP contribution in [0.4, 0.5) is 0 Å². The molecule has 0 saturated carbocycles. The summed E-state index contributed by atoms with van der Waals surface area (Å²) in [6.45, 7) is 2.84. The van der Waals surface area contributed by atoms with E-state index >= 15 is 0 Å². The molecule has 0 spiro atoms. The van der Waals surface area contributed by atoms with Crippen molar-refractivity contribution in [3.63, 3.8) is 0 Å². The number of ether oxygens (including phenoxy) is 1. The highest BCUT2D eigenvalue weighted by molar-refractivity contribution is 6.02. The summed E-state index contributed by atoms with van der Waals surface area (Å²) < 4.78 is 5.60. The van der Waals surface area contributed by atoms with Crippen molar-refractivity contribution in [2.75, 3.05) is 6.61 Å². The first kappa shape index (κ1) is 12.9. The van der Waals surface area contributed by atoms with E-state index in [2.05, 4.69) is 25.1 Å². The van der Waals surface area contributed by atoms with E-state index in [1.54, 1.807) is 0 Å². The molecule has 0 bridgehead atoms. The molecule has 1 aliphatic rings. The summed E-state index contributed by atoms with van der Waals surface area (Å²) in [5.74, 6) is 1.17. The average Bonchev–Trinajstić information content (AvgIpc) is 2.87. The van der Waals surface area contributed by atoms with Gasteiger partial charge in [-0.2, -0.15) is 0 Å². The van der Waals surface area contributed by atoms with Crippen molar-refractivity contribution >= 4 is 5.78 Å². The summed E-state index contributed by atoms with van der Waals surface area (Å²) in [4.78, 5) is 11.8. The van der Waals surface area contributed by atoms with E-state index in [1.807, 2.05) is 24.3 Å². The molecule has 3 rings (SSSR count). The molecule has 0 fully saturated rings. The number of rotatable bonds is 4. The molecule has 1 aliphatic carbocycles. The van der Waals surface area contributed by atoms with E-state index in [9.17, 15) is 4.79 Å². The van der Waals surface area contributed by atoms with Gasteiger partial charge in [0.05, 0.1) is 6.61 Å². The summed E-state index contributed by atoms with van der Waals surface area (Å²) >= 11 is 0. The zero-order valence-electron chi connectivity index (χ0n) is 11.7. The van der Waals surface area contributed by atoms with E-state index < -0.39 is 0 Å². The van der Waals surface area contributed by atoms with Gasteiger partial charge >= 0.3 is 0 Å². The van der Waals surface area contributed by atoms with Gasteiger partial charge in [0.2, 0.25) is 0 Å². The molecule has 0 unspecified atom stereocenters. The van der Waals surface area contributed by atoms with Gasteiger partial charge in [-0.25, -0.2) is 0 Å². The third-order valence-corrected chi connectivity index (χ3v) is 3.72. The van der Waals surface area contributed by atoms with Gasteiger partial charge in [0.1, 0.15) is 5.75 Å². The quantitative estimate of drug-likeness (QED) is 0.826. The Balaban J connectivity index is 1.92. The summed E-state index contributed by atoms with van der Waals surface area (Å²) in [6.07, 6.45) is 2.51. The maximum absolute atomic E-state index is 11.8. The molecule has 0 atom stereocenters. The van der Waals surface area contributed by atoms with Crippen LogP contribution in [-0.2, 0) is 6.42 Å². The Morgan fingerprint density at radius 2 is 1.75 bits per heavy atom. The molecule has 0 N–H and O–H groups in total. The Labute approximate surface area is 119 Å². The van der Waals surface area contributed by atoms with E-state index in [0.29, 0.717) is 6.42 Å². The highest BCUT2D eigenvalue weighted by Gasteiger charge is 2.22. The third-order valence-electron chi connectivity index (χ3n) is 3.72. The minimum absolute atomic E-state index is 0.268. The number of hydrogen-bond donors (Lipinski definition) is 0. The molecule has 20 heavy (non-hydrogen) atoms. The minimum atomic E-state index is 0.268. The normalized spacial score (nSPS) is 13.3. The maximum atomic E-state index is 11.8. The lowest BCUT2D eigenvalue weighted by molar-refractivity contribution is 0.0994. The van der Waals surface area contributed by atoms with Gasteiger partial charge in [0.15, 0.2) is 5.78 Å². The van der Waals surface area contributed by atoms with E-state index in [0.717, 1.165) is 36.3 Å². The smallest absolute Gasteiger partial charge is 0.163 e. The lowest BCUT2D eigenvalue weighted by atomic mass is 9.97. The summed E-state index contributed by atoms with van der Waals surface area (Å²) in [6, 6.07) is 14.2. The fraction of sp³-hybridized carbons (Fsp3) is 0.278. The van der Waals surface area contributed by atoms with Crippen LogP contribution in [0.3, 0.4) is 0 Å². The predicted octanol–water partition coefficient (Wildman–Crippen LogP) is 4.27. The molecule has 0 aliphatic heterocycles. The number of fused-ring (bicyclic) bond motifs is 1. The van der Waals surface area contributed by atoms with Crippen molar-refractivity contribution in [2.45, 2.75) is 26.2 Å². The number of carbonyl (C=O) groups is 1. The topological polar surface area (TPSA) is 26.3 Å². The summed E-state index contributed by atoms with van der Waals surface area (Å²) in [5.41, 5.74) is 4.42. The van der Waals surface area contributed by atoms with Gasteiger partial charge in [0, 0.05) is 12.0 Å². The number of benzene rings is 2. The maximum Gasteiger partial charge on any atom is 0.163 e. The van der Waals surface area contributed by atoms with Crippen LogP contribution in [0, 0.1) is 0 Å². The zero-order chi connectivity index (χ0) is 13.9.